The third kappa shape index (κ3) is 1.53. The molecule has 0 aromatic carbocycles. The van der Waals surface area contributed by atoms with Gasteiger partial charge in [-0.3, -0.25) is 0 Å². The van der Waals surface area contributed by atoms with E-state index in [0.717, 1.165) is 35.2 Å². The molecule has 0 unspecified atom stereocenters. The van der Waals surface area contributed by atoms with Crippen molar-refractivity contribution in [1.82, 2.24) is 15.5 Å². The predicted molar refractivity (Wildman–Crippen MR) is 51.7 cm³/mol. The third-order valence-corrected chi connectivity index (χ3v) is 2.91. The maximum Gasteiger partial charge on any atom is 0.247 e. The van der Waals surface area contributed by atoms with E-state index in [4.69, 9.17) is 4.74 Å². The molecule has 4 nitrogen and oxygen atoms in total. The second-order valence-electron chi connectivity index (χ2n) is 2.88. The molecule has 1 aliphatic rings. The summed E-state index contributed by atoms with van der Waals surface area (Å²) in [4.78, 5) is 0. The zero-order valence-electron chi connectivity index (χ0n) is 7.30. The molecular formula is C8H10BrN3O. The minimum absolute atomic E-state index is 0.558. The van der Waals surface area contributed by atoms with Crippen molar-refractivity contribution in [2.75, 3.05) is 13.7 Å². The van der Waals surface area contributed by atoms with Gasteiger partial charge in [-0.25, -0.2) is 0 Å². The van der Waals surface area contributed by atoms with Gasteiger partial charge >= 0.3 is 0 Å². The van der Waals surface area contributed by atoms with Gasteiger partial charge in [-0.1, -0.05) is 0 Å². The summed E-state index contributed by atoms with van der Waals surface area (Å²) < 4.78 is 5.99. The van der Waals surface area contributed by atoms with Crippen LogP contribution in [0.4, 0.5) is 0 Å². The van der Waals surface area contributed by atoms with Crippen molar-refractivity contribution in [3.8, 4) is 5.88 Å². The van der Waals surface area contributed by atoms with Crippen LogP contribution in [0.2, 0.25) is 0 Å². The van der Waals surface area contributed by atoms with Gasteiger partial charge in [0.1, 0.15) is 0 Å². The van der Waals surface area contributed by atoms with Crippen LogP contribution >= 0.6 is 15.9 Å². The Morgan fingerprint density at radius 1 is 1.46 bits per heavy atom. The number of methoxy groups -OCH3 is 1. The summed E-state index contributed by atoms with van der Waals surface area (Å²) in [5.74, 6) is 0.558. The van der Waals surface area contributed by atoms with Gasteiger partial charge < -0.3 is 10.1 Å². The fraction of sp³-hybridized carbons (Fsp3) is 0.500. The molecule has 0 atom stereocenters. The lowest BCUT2D eigenvalue weighted by atomic mass is 10.1. The lowest BCUT2D eigenvalue weighted by Crippen LogP contribution is -2.25. The molecule has 0 spiro atoms. The van der Waals surface area contributed by atoms with Crippen molar-refractivity contribution in [2.45, 2.75) is 13.0 Å². The number of hydrogen-bond donors (Lipinski definition) is 1. The lowest BCUT2D eigenvalue weighted by molar-refractivity contribution is 0.385. The van der Waals surface area contributed by atoms with Crippen molar-refractivity contribution in [1.29, 1.82) is 0 Å². The first-order valence-electron chi connectivity index (χ1n) is 4.11. The van der Waals surface area contributed by atoms with E-state index in [0.29, 0.717) is 5.88 Å². The molecule has 0 saturated carbocycles. The molecule has 0 amide bonds. The van der Waals surface area contributed by atoms with Crippen LogP contribution in [0.3, 0.4) is 0 Å². The van der Waals surface area contributed by atoms with E-state index >= 15 is 0 Å². The maximum absolute atomic E-state index is 5.06. The number of ether oxygens (including phenoxy) is 1. The summed E-state index contributed by atoms with van der Waals surface area (Å²) in [6, 6.07) is 0. The Bertz CT molecular complexity index is 329. The van der Waals surface area contributed by atoms with Crippen molar-refractivity contribution in [3.05, 3.63) is 15.7 Å². The fourth-order valence-electron chi connectivity index (χ4n) is 1.40. The molecule has 70 valence electrons. The van der Waals surface area contributed by atoms with Crippen LogP contribution in [-0.4, -0.2) is 23.9 Å². The summed E-state index contributed by atoms with van der Waals surface area (Å²) in [6.45, 7) is 1.81. The average Bonchev–Trinajstić information content (AvgIpc) is 2.19. The Hall–Kier alpha value is -0.680. The van der Waals surface area contributed by atoms with E-state index in [1.807, 2.05) is 0 Å². The number of nitrogens with one attached hydrogen (secondary N) is 1. The summed E-state index contributed by atoms with van der Waals surface area (Å²) in [5.41, 5.74) is 2.23. The minimum atomic E-state index is 0.558. The Morgan fingerprint density at radius 2 is 2.31 bits per heavy atom. The molecular weight excluding hydrogens is 234 g/mol. The molecule has 5 heteroatoms. The number of halogens is 1. The monoisotopic (exact) mass is 243 g/mol. The van der Waals surface area contributed by atoms with Crippen LogP contribution in [0.25, 0.3) is 0 Å². The van der Waals surface area contributed by atoms with Gasteiger partial charge in [-0.2, -0.15) is 5.10 Å². The molecule has 2 heterocycles. The molecule has 1 N–H and O–H groups in total. The fourth-order valence-corrected chi connectivity index (χ4v) is 2.01. The zero-order chi connectivity index (χ0) is 9.26. The topological polar surface area (TPSA) is 47.0 Å². The first kappa shape index (κ1) is 8.90. The van der Waals surface area contributed by atoms with Crippen molar-refractivity contribution in [3.63, 3.8) is 0 Å². The van der Waals surface area contributed by atoms with Crippen LogP contribution in [-0.2, 0) is 13.0 Å². The van der Waals surface area contributed by atoms with Crippen molar-refractivity contribution < 1.29 is 4.74 Å². The van der Waals surface area contributed by atoms with E-state index in [2.05, 4.69) is 31.4 Å². The second kappa shape index (κ2) is 3.59. The Morgan fingerprint density at radius 3 is 3.08 bits per heavy atom. The Kier molecular flexibility index (Phi) is 2.46. The molecule has 0 bridgehead atoms. The standard InChI is InChI=1S/C8H10BrN3O/c1-13-8-7(9)5-4-10-3-2-6(5)11-12-8/h10H,2-4H2,1H3. The highest BCUT2D eigenvalue weighted by Crippen LogP contribution is 2.28. The largest absolute Gasteiger partial charge is 0.479 e. The predicted octanol–water partition coefficient (Wildman–Crippen LogP) is 0.893. The summed E-state index contributed by atoms with van der Waals surface area (Å²) >= 11 is 3.46. The third-order valence-electron chi connectivity index (χ3n) is 2.10. The molecule has 1 aromatic rings. The van der Waals surface area contributed by atoms with Crippen molar-refractivity contribution in [2.24, 2.45) is 0 Å². The number of nitrogens with zero attached hydrogens (tertiary/aromatic N) is 2. The van der Waals surface area contributed by atoms with Crippen molar-refractivity contribution >= 4 is 15.9 Å². The highest BCUT2D eigenvalue weighted by atomic mass is 79.9. The first-order valence-corrected chi connectivity index (χ1v) is 4.91. The highest BCUT2D eigenvalue weighted by molar-refractivity contribution is 9.10. The van der Waals surface area contributed by atoms with Crippen LogP contribution in [0.5, 0.6) is 5.88 Å². The molecule has 0 radical (unpaired) electrons. The molecule has 0 saturated heterocycles. The van der Waals surface area contributed by atoms with Gasteiger partial charge in [-0.15, -0.1) is 5.10 Å². The van der Waals surface area contributed by atoms with Gasteiger partial charge in [0.25, 0.3) is 0 Å². The lowest BCUT2D eigenvalue weighted by Gasteiger charge is -2.17. The highest BCUT2D eigenvalue weighted by Gasteiger charge is 2.17. The minimum Gasteiger partial charge on any atom is -0.479 e. The zero-order valence-corrected chi connectivity index (χ0v) is 8.89. The van der Waals surface area contributed by atoms with Crippen LogP contribution in [0.1, 0.15) is 11.3 Å². The summed E-state index contributed by atoms with van der Waals surface area (Å²) in [7, 11) is 1.59. The second-order valence-corrected chi connectivity index (χ2v) is 3.67. The number of aromatic nitrogens is 2. The van der Waals surface area contributed by atoms with E-state index in [1.165, 1.54) is 0 Å². The van der Waals surface area contributed by atoms with E-state index in [1.54, 1.807) is 7.11 Å². The Balaban J connectivity index is 2.48. The molecule has 1 aliphatic heterocycles. The molecule has 0 fully saturated rings. The Labute approximate surface area is 84.8 Å². The van der Waals surface area contributed by atoms with Crippen LogP contribution in [0, 0.1) is 0 Å². The first-order chi connectivity index (χ1) is 6.33. The normalized spacial score (nSPS) is 15.2. The van der Waals surface area contributed by atoms with Gasteiger partial charge in [0, 0.05) is 25.1 Å². The number of rotatable bonds is 1. The molecule has 0 aliphatic carbocycles. The average molecular weight is 244 g/mol. The summed E-state index contributed by atoms with van der Waals surface area (Å²) in [6.07, 6.45) is 0.935. The molecule has 1 aromatic heterocycles. The molecule has 13 heavy (non-hydrogen) atoms. The maximum atomic E-state index is 5.06. The van der Waals surface area contributed by atoms with E-state index in [9.17, 15) is 0 Å². The van der Waals surface area contributed by atoms with E-state index < -0.39 is 0 Å². The summed E-state index contributed by atoms with van der Waals surface area (Å²) in [5, 5.41) is 11.3. The number of hydrogen-bond acceptors (Lipinski definition) is 4. The van der Waals surface area contributed by atoms with Gasteiger partial charge in [-0.05, 0) is 15.9 Å². The van der Waals surface area contributed by atoms with Gasteiger partial charge in [0.15, 0.2) is 0 Å². The van der Waals surface area contributed by atoms with Crippen LogP contribution in [0.15, 0.2) is 4.47 Å². The van der Waals surface area contributed by atoms with Gasteiger partial charge in [0.05, 0.1) is 17.3 Å². The van der Waals surface area contributed by atoms with Crippen LogP contribution < -0.4 is 10.1 Å². The van der Waals surface area contributed by atoms with Gasteiger partial charge in [0.2, 0.25) is 5.88 Å². The quantitative estimate of drug-likeness (QED) is 0.797. The molecule has 2 rings (SSSR count). The van der Waals surface area contributed by atoms with E-state index in [-0.39, 0.29) is 0 Å². The smallest absolute Gasteiger partial charge is 0.247 e. The SMILES string of the molecule is COc1nnc2c(c1Br)CNCC2. The number of fused-ring (bicyclic) bond motifs is 1.